The monoisotopic (exact) mass is 773 g/mol. The Balaban J connectivity index is 0.000000162. The van der Waals surface area contributed by atoms with Crippen LogP contribution in [0.2, 0.25) is 0 Å². The van der Waals surface area contributed by atoms with Gasteiger partial charge in [-0.25, -0.2) is 0 Å². The first kappa shape index (κ1) is 33.6. The number of rotatable bonds is 4. The fourth-order valence-electron chi connectivity index (χ4n) is 4.74. The molecule has 0 saturated heterocycles. The van der Waals surface area contributed by atoms with Gasteiger partial charge in [-0.05, 0) is 41.9 Å². The summed E-state index contributed by atoms with van der Waals surface area (Å²) in [5, 5.41) is 0. The second-order valence-electron chi connectivity index (χ2n) is 10.2. The van der Waals surface area contributed by atoms with Crippen LogP contribution in [0.5, 0.6) is 0 Å². The third kappa shape index (κ3) is 9.12. The van der Waals surface area contributed by atoms with Gasteiger partial charge in [0.1, 0.15) is 5.69 Å². The molecule has 0 atom stereocenters. The molecular weight excluding hydrogens is 739 g/mol. The summed E-state index contributed by atoms with van der Waals surface area (Å²) in [5.41, 5.74) is 10.8. The van der Waals surface area contributed by atoms with Crippen molar-refractivity contribution in [3.63, 3.8) is 0 Å². The van der Waals surface area contributed by atoms with Crippen LogP contribution >= 0.6 is 0 Å². The minimum absolute atomic E-state index is 0. The Hall–Kier alpha value is -5.28. The molecule has 0 bridgehead atoms. The second-order valence-corrected chi connectivity index (χ2v) is 10.2. The Bertz CT molecular complexity index is 1870. The van der Waals surface area contributed by atoms with Gasteiger partial charge in [0, 0.05) is 50.8 Å². The van der Waals surface area contributed by atoms with E-state index in [4.69, 9.17) is 0 Å². The molecule has 229 valence electrons. The van der Waals surface area contributed by atoms with E-state index in [9.17, 15) is 0 Å². The number of nitrogens with zero attached hydrogens (tertiary/aromatic N) is 3. The van der Waals surface area contributed by atoms with E-state index in [0.29, 0.717) is 0 Å². The molecule has 4 heteroatoms. The average Bonchev–Trinajstić information content (AvgIpc) is 3.11. The summed E-state index contributed by atoms with van der Waals surface area (Å²) in [4.78, 5) is 8.82. The quantitative estimate of drug-likeness (QED) is 0.132. The van der Waals surface area contributed by atoms with Crippen molar-refractivity contribution in [2.45, 2.75) is 6.92 Å². The van der Waals surface area contributed by atoms with E-state index in [1.165, 1.54) is 16.7 Å². The fraction of sp³-hybridized carbons (Fsp3) is 0.0238. The van der Waals surface area contributed by atoms with Crippen molar-refractivity contribution < 1.29 is 24.7 Å². The SMILES string of the molecule is [CH2-][n+]1ccccc1-c1[c-]cccc1.[CH2-]c1ccccc1-c1cc(C)c(-c2ccccc2)cn1.[Ir].[c-]1ccccc1-c1ccccn1. The molecule has 3 aromatic heterocycles. The third-order valence-electron chi connectivity index (χ3n) is 7.06. The van der Waals surface area contributed by atoms with Crippen molar-refractivity contribution in [1.82, 2.24) is 9.97 Å². The normalized spacial score (nSPS) is 9.85. The molecule has 0 aliphatic carbocycles. The maximum absolute atomic E-state index is 4.61. The molecule has 3 nitrogen and oxygen atoms in total. The van der Waals surface area contributed by atoms with E-state index >= 15 is 0 Å². The topological polar surface area (TPSA) is 29.7 Å². The van der Waals surface area contributed by atoms with Gasteiger partial charge in [-0.3, -0.25) is 4.98 Å². The van der Waals surface area contributed by atoms with Crippen LogP contribution in [0.1, 0.15) is 11.1 Å². The van der Waals surface area contributed by atoms with E-state index < -0.39 is 0 Å². The molecule has 0 unspecified atom stereocenters. The van der Waals surface area contributed by atoms with Crippen molar-refractivity contribution >= 4 is 0 Å². The smallest absolute Gasteiger partial charge is 0.115 e. The second kappa shape index (κ2) is 17.3. The zero-order valence-corrected chi connectivity index (χ0v) is 28.1. The first-order valence-corrected chi connectivity index (χ1v) is 14.7. The van der Waals surface area contributed by atoms with E-state index in [2.05, 4.69) is 67.3 Å². The number of pyridine rings is 3. The van der Waals surface area contributed by atoms with Crippen molar-refractivity contribution in [2.75, 3.05) is 0 Å². The number of benzene rings is 4. The van der Waals surface area contributed by atoms with Crippen LogP contribution in [0, 0.1) is 33.0 Å². The van der Waals surface area contributed by atoms with E-state index in [0.717, 1.165) is 39.3 Å². The van der Waals surface area contributed by atoms with Gasteiger partial charge in [-0.15, -0.1) is 83.9 Å². The summed E-state index contributed by atoms with van der Waals surface area (Å²) in [6.45, 7) is 6.19. The summed E-state index contributed by atoms with van der Waals surface area (Å²) in [7, 11) is 3.89. The molecule has 0 aliphatic heterocycles. The molecule has 7 rings (SSSR count). The maximum atomic E-state index is 4.61. The molecule has 0 spiro atoms. The van der Waals surface area contributed by atoms with Gasteiger partial charge in [0.05, 0.1) is 6.20 Å². The van der Waals surface area contributed by atoms with Gasteiger partial charge in [0.2, 0.25) is 0 Å². The first-order valence-electron chi connectivity index (χ1n) is 14.7. The van der Waals surface area contributed by atoms with Crippen LogP contribution in [-0.2, 0) is 20.1 Å². The van der Waals surface area contributed by atoms with Crippen molar-refractivity contribution in [3.8, 4) is 44.9 Å². The van der Waals surface area contributed by atoms with E-state index in [1.54, 1.807) is 6.20 Å². The minimum Gasteiger partial charge on any atom is -0.321 e. The van der Waals surface area contributed by atoms with Crippen molar-refractivity contribution in [3.05, 3.63) is 201 Å². The Morgan fingerprint density at radius 2 is 1.26 bits per heavy atom. The third-order valence-corrected chi connectivity index (χ3v) is 7.06. The van der Waals surface area contributed by atoms with Gasteiger partial charge in [0.25, 0.3) is 0 Å². The molecular formula is C42H34IrN3-3. The molecule has 4 aromatic carbocycles. The number of hydrogen-bond acceptors (Lipinski definition) is 2. The molecule has 0 aliphatic rings. The number of aryl methyl sites for hydroxylation is 1. The maximum Gasteiger partial charge on any atom is 0.115 e. The molecule has 1 radical (unpaired) electrons. The van der Waals surface area contributed by atoms with Crippen LogP contribution in [0.15, 0.2) is 164 Å². The Morgan fingerprint density at radius 3 is 1.89 bits per heavy atom. The predicted molar refractivity (Wildman–Crippen MR) is 184 cm³/mol. The zero-order valence-electron chi connectivity index (χ0n) is 25.7. The van der Waals surface area contributed by atoms with Gasteiger partial charge < -0.3 is 9.55 Å². The van der Waals surface area contributed by atoms with Crippen LogP contribution in [-0.4, -0.2) is 9.97 Å². The van der Waals surface area contributed by atoms with Crippen LogP contribution in [0.25, 0.3) is 44.9 Å². The molecule has 0 saturated carbocycles. The first-order chi connectivity index (χ1) is 22.1. The minimum atomic E-state index is 0. The average molecular weight is 773 g/mol. The Kier molecular flexibility index (Phi) is 12.6. The molecule has 7 aromatic rings. The Morgan fingerprint density at radius 1 is 0.609 bits per heavy atom. The number of hydrogen-bond donors (Lipinski definition) is 0. The zero-order chi connectivity index (χ0) is 31.3. The Labute approximate surface area is 286 Å². The van der Waals surface area contributed by atoms with E-state index in [1.807, 2.05) is 138 Å². The van der Waals surface area contributed by atoms with Crippen LogP contribution < -0.4 is 4.57 Å². The van der Waals surface area contributed by atoms with Crippen LogP contribution in [0.4, 0.5) is 0 Å². The standard InChI is InChI=1S/C19H16N.C12H10N.C11H8N.Ir/c1-14-8-6-7-11-17(14)19-12-15(2)18(13-20-19)16-9-4-3-5-10-16;1-13-10-6-5-9-12(13)11-7-3-2-4-8-11;1-2-6-10(7-3-1)11-8-4-5-9-12-11;/h3-13H,1H2,2H3;2-7,9-10H,1H2;1-6,8-9H;/q3*-1;. The van der Waals surface area contributed by atoms with Gasteiger partial charge in [-0.1, -0.05) is 66.2 Å². The molecule has 46 heavy (non-hydrogen) atoms. The largest absolute Gasteiger partial charge is 0.321 e. The van der Waals surface area contributed by atoms with Gasteiger partial charge in [0.15, 0.2) is 0 Å². The fourth-order valence-corrected chi connectivity index (χ4v) is 4.74. The number of aromatic nitrogens is 3. The molecule has 0 fully saturated rings. The summed E-state index contributed by atoms with van der Waals surface area (Å²) in [6.07, 6.45) is 5.67. The molecule has 3 heterocycles. The van der Waals surface area contributed by atoms with Gasteiger partial charge >= 0.3 is 0 Å². The van der Waals surface area contributed by atoms with Gasteiger partial charge in [-0.2, -0.15) is 18.6 Å². The summed E-state index contributed by atoms with van der Waals surface area (Å²) >= 11 is 0. The van der Waals surface area contributed by atoms with Crippen LogP contribution in [0.3, 0.4) is 0 Å². The molecule has 0 amide bonds. The predicted octanol–water partition coefficient (Wildman–Crippen LogP) is 9.53. The molecule has 0 N–H and O–H groups in total. The summed E-state index contributed by atoms with van der Waals surface area (Å²) < 4.78 is 1.84. The van der Waals surface area contributed by atoms with Crippen molar-refractivity contribution in [2.24, 2.45) is 0 Å². The summed E-state index contributed by atoms with van der Waals surface area (Å²) in [5.74, 6) is 0. The van der Waals surface area contributed by atoms with Crippen molar-refractivity contribution in [1.29, 1.82) is 0 Å². The van der Waals surface area contributed by atoms with E-state index in [-0.39, 0.29) is 20.1 Å². The summed E-state index contributed by atoms with van der Waals surface area (Å²) in [6, 6.07) is 54.4.